The van der Waals surface area contributed by atoms with Crippen LogP contribution in [0.4, 0.5) is 0 Å². The highest BCUT2D eigenvalue weighted by molar-refractivity contribution is 4.58. The Morgan fingerprint density at radius 3 is 0.824 bits per heavy atom. The van der Waals surface area contributed by atoms with Gasteiger partial charge in [-0.05, 0) is 19.8 Å². The van der Waals surface area contributed by atoms with Gasteiger partial charge in [-0.15, -0.1) is 0 Å². The quantitative estimate of drug-likeness (QED) is 0.107. The Balaban J connectivity index is 0. The topological polar surface area (TPSA) is 60.7 Å². The molecule has 0 fully saturated rings. The average Bonchev–Trinajstić information content (AvgIpc) is 2.83. The average molecular weight is 487 g/mol. The molecule has 0 radical (unpaired) electrons. The SMILES string of the molecule is CC(O)CO.CCCCCCCCCCCCCCCCC(O)CCCCCCCCCCC. The van der Waals surface area contributed by atoms with Crippen LogP contribution in [0.5, 0.6) is 0 Å². The molecule has 0 saturated carbocycles. The van der Waals surface area contributed by atoms with Crippen molar-refractivity contribution in [3.05, 3.63) is 0 Å². The molecule has 0 aliphatic rings. The predicted octanol–water partition coefficient (Wildman–Crippen LogP) is 9.50. The Morgan fingerprint density at radius 2 is 0.618 bits per heavy atom. The van der Waals surface area contributed by atoms with Gasteiger partial charge in [0.1, 0.15) is 0 Å². The monoisotopic (exact) mass is 487 g/mol. The van der Waals surface area contributed by atoms with Crippen LogP contribution >= 0.6 is 0 Å². The summed E-state index contributed by atoms with van der Waals surface area (Å²) in [5.74, 6) is 0. The molecule has 2 atom stereocenters. The van der Waals surface area contributed by atoms with Gasteiger partial charge in [0.2, 0.25) is 0 Å². The van der Waals surface area contributed by atoms with Crippen molar-refractivity contribution in [1.29, 1.82) is 0 Å². The van der Waals surface area contributed by atoms with E-state index < -0.39 is 6.10 Å². The molecule has 3 nitrogen and oxygen atoms in total. The number of unbranched alkanes of at least 4 members (excludes halogenated alkanes) is 21. The van der Waals surface area contributed by atoms with E-state index in [4.69, 9.17) is 10.2 Å². The summed E-state index contributed by atoms with van der Waals surface area (Å²) in [7, 11) is 0. The van der Waals surface area contributed by atoms with Gasteiger partial charge in [-0.25, -0.2) is 0 Å². The summed E-state index contributed by atoms with van der Waals surface area (Å²) in [5.41, 5.74) is 0. The molecule has 0 amide bonds. The predicted molar refractivity (Wildman–Crippen MR) is 152 cm³/mol. The zero-order valence-electron chi connectivity index (χ0n) is 23.9. The second kappa shape index (κ2) is 32.9. The molecule has 2 unspecified atom stereocenters. The van der Waals surface area contributed by atoms with Crippen molar-refractivity contribution >= 4 is 0 Å². The first-order valence-corrected chi connectivity index (χ1v) is 15.5. The fraction of sp³-hybridized carbons (Fsp3) is 1.00. The molecule has 0 heterocycles. The van der Waals surface area contributed by atoms with Crippen LogP contribution in [-0.2, 0) is 0 Å². The summed E-state index contributed by atoms with van der Waals surface area (Å²) in [6.45, 7) is 5.96. The Kier molecular flexibility index (Phi) is 34.9. The van der Waals surface area contributed by atoms with E-state index in [1.165, 1.54) is 155 Å². The lowest BCUT2D eigenvalue weighted by molar-refractivity contribution is 0.110. The smallest absolute Gasteiger partial charge is 0.0742 e. The van der Waals surface area contributed by atoms with Gasteiger partial charge in [-0.1, -0.05) is 162 Å². The molecule has 0 saturated heterocycles. The van der Waals surface area contributed by atoms with E-state index in [9.17, 15) is 5.11 Å². The summed E-state index contributed by atoms with van der Waals surface area (Å²) in [5, 5.41) is 26.1. The van der Waals surface area contributed by atoms with Crippen LogP contribution in [0.2, 0.25) is 0 Å². The van der Waals surface area contributed by atoms with Gasteiger partial charge >= 0.3 is 0 Å². The van der Waals surface area contributed by atoms with Gasteiger partial charge < -0.3 is 15.3 Å². The van der Waals surface area contributed by atoms with Gasteiger partial charge in [0.25, 0.3) is 0 Å². The fourth-order valence-corrected chi connectivity index (χ4v) is 4.41. The maximum absolute atomic E-state index is 10.1. The molecule has 0 aliphatic carbocycles. The van der Waals surface area contributed by atoms with Gasteiger partial charge in [0.15, 0.2) is 0 Å². The van der Waals surface area contributed by atoms with E-state index in [0.29, 0.717) is 0 Å². The minimum absolute atomic E-state index is 0.0307. The van der Waals surface area contributed by atoms with E-state index in [2.05, 4.69) is 13.8 Å². The molecule has 0 aliphatic heterocycles. The van der Waals surface area contributed by atoms with Gasteiger partial charge in [0, 0.05) is 0 Å². The molecule has 0 spiro atoms. The number of aliphatic hydroxyl groups excluding tert-OH is 3. The van der Waals surface area contributed by atoms with Crippen molar-refractivity contribution in [1.82, 2.24) is 0 Å². The Labute approximate surface area is 215 Å². The van der Waals surface area contributed by atoms with Gasteiger partial charge in [0.05, 0.1) is 18.8 Å². The van der Waals surface area contributed by atoms with Crippen LogP contribution < -0.4 is 0 Å². The van der Waals surface area contributed by atoms with E-state index in [0.717, 1.165) is 12.8 Å². The first-order valence-electron chi connectivity index (χ1n) is 15.5. The van der Waals surface area contributed by atoms with Gasteiger partial charge in [-0.2, -0.15) is 0 Å². The van der Waals surface area contributed by atoms with Crippen molar-refractivity contribution in [2.75, 3.05) is 6.61 Å². The van der Waals surface area contributed by atoms with Crippen molar-refractivity contribution in [2.45, 2.75) is 193 Å². The fourth-order valence-electron chi connectivity index (χ4n) is 4.41. The number of aliphatic hydroxyl groups is 3. The summed E-state index contributed by atoms with van der Waals surface area (Å²) < 4.78 is 0. The highest BCUT2D eigenvalue weighted by Crippen LogP contribution is 2.16. The summed E-state index contributed by atoms with van der Waals surface area (Å²) >= 11 is 0. The normalized spacial score (nSPS) is 12.9. The summed E-state index contributed by atoms with van der Waals surface area (Å²) in [6, 6.07) is 0. The molecular formula is C31H66O3. The molecule has 34 heavy (non-hydrogen) atoms. The van der Waals surface area contributed by atoms with Crippen molar-refractivity contribution in [3.8, 4) is 0 Å². The zero-order valence-corrected chi connectivity index (χ0v) is 23.9. The molecule has 208 valence electrons. The van der Waals surface area contributed by atoms with Crippen LogP contribution in [0.1, 0.15) is 181 Å². The molecular weight excluding hydrogens is 420 g/mol. The molecule has 0 aromatic carbocycles. The third-order valence-electron chi connectivity index (χ3n) is 6.80. The minimum atomic E-state index is -0.560. The number of rotatable bonds is 26. The lowest BCUT2D eigenvalue weighted by Crippen LogP contribution is -2.05. The maximum atomic E-state index is 10.1. The third-order valence-corrected chi connectivity index (χ3v) is 6.80. The Morgan fingerprint density at radius 1 is 0.412 bits per heavy atom. The second-order valence-electron chi connectivity index (χ2n) is 10.7. The Hall–Kier alpha value is -0.120. The van der Waals surface area contributed by atoms with E-state index in [-0.39, 0.29) is 12.7 Å². The Bertz CT molecular complexity index is 333. The van der Waals surface area contributed by atoms with E-state index >= 15 is 0 Å². The summed E-state index contributed by atoms with van der Waals surface area (Å²) in [6.07, 6.45) is 33.6. The highest BCUT2D eigenvalue weighted by atomic mass is 16.3. The van der Waals surface area contributed by atoms with E-state index in [1.54, 1.807) is 0 Å². The zero-order chi connectivity index (χ0) is 25.5. The lowest BCUT2D eigenvalue weighted by atomic mass is 10.0. The molecule has 0 bridgehead atoms. The molecule has 0 aromatic heterocycles. The van der Waals surface area contributed by atoms with Crippen molar-refractivity contribution in [3.63, 3.8) is 0 Å². The molecule has 0 rings (SSSR count). The third kappa shape index (κ3) is 36.4. The van der Waals surface area contributed by atoms with E-state index in [1.807, 2.05) is 0 Å². The van der Waals surface area contributed by atoms with Crippen molar-refractivity contribution < 1.29 is 15.3 Å². The first-order chi connectivity index (χ1) is 16.6. The molecule has 0 aromatic rings. The highest BCUT2D eigenvalue weighted by Gasteiger charge is 2.03. The first kappa shape index (κ1) is 36.0. The molecule has 3 heteroatoms. The van der Waals surface area contributed by atoms with Crippen LogP contribution in [0.15, 0.2) is 0 Å². The van der Waals surface area contributed by atoms with Crippen molar-refractivity contribution in [2.24, 2.45) is 0 Å². The van der Waals surface area contributed by atoms with Crippen LogP contribution in [0.3, 0.4) is 0 Å². The minimum Gasteiger partial charge on any atom is -0.394 e. The van der Waals surface area contributed by atoms with Crippen LogP contribution in [-0.4, -0.2) is 34.1 Å². The largest absolute Gasteiger partial charge is 0.394 e. The lowest BCUT2D eigenvalue weighted by Gasteiger charge is -2.10. The maximum Gasteiger partial charge on any atom is 0.0742 e. The number of hydrogen-bond donors (Lipinski definition) is 3. The standard InChI is InChI=1S/C28H58O.C3H8O2/c1-3-5-7-9-11-13-14-15-16-17-19-21-23-25-27-28(29)26-24-22-20-18-12-10-8-6-4-2;1-3(5)2-4/h28-29H,3-27H2,1-2H3;3-5H,2H2,1H3. The number of hydrogen-bond acceptors (Lipinski definition) is 3. The van der Waals surface area contributed by atoms with Gasteiger partial charge in [-0.3, -0.25) is 0 Å². The summed E-state index contributed by atoms with van der Waals surface area (Å²) in [4.78, 5) is 0. The van der Waals surface area contributed by atoms with Crippen LogP contribution in [0.25, 0.3) is 0 Å². The second-order valence-corrected chi connectivity index (χ2v) is 10.7. The van der Waals surface area contributed by atoms with Crippen LogP contribution in [0, 0.1) is 0 Å². The molecule has 3 N–H and O–H groups in total.